The maximum atomic E-state index is 11.9. The molecule has 0 saturated heterocycles. The summed E-state index contributed by atoms with van der Waals surface area (Å²) in [4.78, 5) is 0. The van der Waals surface area contributed by atoms with Gasteiger partial charge in [0.25, 0.3) is 0 Å². The molecule has 0 aromatic heterocycles. The third-order valence-corrected chi connectivity index (χ3v) is 6.91. The lowest BCUT2D eigenvalue weighted by Crippen LogP contribution is -2.45. The van der Waals surface area contributed by atoms with Crippen LogP contribution in [0, 0.1) is 11.3 Å². The zero-order valence-electron chi connectivity index (χ0n) is 13.3. The molecule has 3 nitrogen and oxygen atoms in total. The van der Waals surface area contributed by atoms with Crippen LogP contribution in [0.2, 0.25) is 0 Å². The highest BCUT2D eigenvalue weighted by Gasteiger charge is 2.38. The summed E-state index contributed by atoms with van der Waals surface area (Å²) in [5.74, 6) is 0.726. The number of hydrogen-bond acceptors (Lipinski definition) is 3. The molecule has 118 valence electrons. The quantitative estimate of drug-likeness (QED) is 0.820. The van der Waals surface area contributed by atoms with Crippen LogP contribution in [0.1, 0.15) is 65.2 Å². The zero-order chi connectivity index (χ0) is 14.8. The first-order valence-corrected chi connectivity index (χ1v) is 10.2. The Bertz CT molecular complexity index is 410. The van der Waals surface area contributed by atoms with Crippen LogP contribution in [0.3, 0.4) is 0 Å². The molecule has 2 saturated carbocycles. The third-order valence-electron chi connectivity index (χ3n) is 5.25. The molecule has 0 aromatic carbocycles. The van der Waals surface area contributed by atoms with E-state index in [1.165, 1.54) is 38.4 Å². The molecule has 0 amide bonds. The van der Waals surface area contributed by atoms with Crippen molar-refractivity contribution in [2.75, 3.05) is 12.8 Å². The van der Waals surface area contributed by atoms with Crippen LogP contribution in [0.5, 0.6) is 0 Å². The molecule has 2 aliphatic carbocycles. The van der Waals surface area contributed by atoms with Crippen LogP contribution in [-0.2, 0) is 9.84 Å². The Morgan fingerprint density at radius 1 is 1.15 bits per heavy atom. The van der Waals surface area contributed by atoms with E-state index in [4.69, 9.17) is 0 Å². The number of sulfone groups is 1. The van der Waals surface area contributed by atoms with Crippen molar-refractivity contribution in [3.63, 3.8) is 0 Å². The second-order valence-corrected chi connectivity index (χ2v) is 9.86. The molecule has 0 radical (unpaired) electrons. The van der Waals surface area contributed by atoms with Crippen molar-refractivity contribution in [3.8, 4) is 0 Å². The molecule has 20 heavy (non-hydrogen) atoms. The minimum atomic E-state index is -2.90. The van der Waals surface area contributed by atoms with Gasteiger partial charge in [-0.1, -0.05) is 33.1 Å². The molecule has 4 heteroatoms. The normalized spacial score (nSPS) is 30.2. The first-order chi connectivity index (χ1) is 9.32. The summed E-state index contributed by atoms with van der Waals surface area (Å²) in [6, 6.07) is 0.189. The minimum absolute atomic E-state index is 0.153. The summed E-state index contributed by atoms with van der Waals surface area (Å²) in [6.45, 7) is 5.62. The molecule has 2 unspecified atom stereocenters. The molecule has 0 bridgehead atoms. The molecule has 2 aliphatic rings. The largest absolute Gasteiger partial charge is 0.312 e. The topological polar surface area (TPSA) is 46.2 Å². The van der Waals surface area contributed by atoms with E-state index >= 15 is 0 Å². The monoisotopic (exact) mass is 301 g/mol. The van der Waals surface area contributed by atoms with Gasteiger partial charge in [0.1, 0.15) is 0 Å². The van der Waals surface area contributed by atoms with Crippen LogP contribution in [0.4, 0.5) is 0 Å². The van der Waals surface area contributed by atoms with E-state index in [9.17, 15) is 8.42 Å². The smallest absolute Gasteiger partial charge is 0.151 e. The summed E-state index contributed by atoms with van der Waals surface area (Å²) in [7, 11) is -2.90. The molecule has 0 aliphatic heterocycles. The lowest BCUT2D eigenvalue weighted by Gasteiger charge is -2.33. The lowest BCUT2D eigenvalue weighted by molar-refractivity contribution is 0.215. The van der Waals surface area contributed by atoms with Crippen molar-refractivity contribution in [3.05, 3.63) is 0 Å². The van der Waals surface area contributed by atoms with Crippen molar-refractivity contribution in [1.29, 1.82) is 0 Å². The summed E-state index contributed by atoms with van der Waals surface area (Å²) < 4.78 is 23.7. The van der Waals surface area contributed by atoms with Crippen molar-refractivity contribution in [2.24, 2.45) is 11.3 Å². The van der Waals surface area contributed by atoms with Gasteiger partial charge in [-0.15, -0.1) is 0 Å². The van der Waals surface area contributed by atoms with Crippen LogP contribution < -0.4 is 5.32 Å². The third kappa shape index (κ3) is 3.97. The maximum absolute atomic E-state index is 11.9. The summed E-state index contributed by atoms with van der Waals surface area (Å²) >= 11 is 0. The van der Waals surface area contributed by atoms with Gasteiger partial charge in [0.15, 0.2) is 9.84 Å². The Morgan fingerprint density at radius 3 is 2.35 bits per heavy atom. The van der Waals surface area contributed by atoms with Gasteiger partial charge in [-0.25, -0.2) is 8.42 Å². The Balaban J connectivity index is 1.96. The summed E-state index contributed by atoms with van der Waals surface area (Å²) in [5, 5.41) is 3.49. The summed E-state index contributed by atoms with van der Waals surface area (Å²) in [5.41, 5.74) is 0.429. The van der Waals surface area contributed by atoms with Gasteiger partial charge >= 0.3 is 0 Å². The van der Waals surface area contributed by atoms with Crippen LogP contribution in [-0.4, -0.2) is 32.5 Å². The molecular formula is C16H31NO2S. The first kappa shape index (κ1) is 16.3. The number of rotatable bonds is 6. The fourth-order valence-corrected chi connectivity index (χ4v) is 5.89. The number of nitrogens with one attached hydrogen (secondary N) is 1. The van der Waals surface area contributed by atoms with E-state index in [2.05, 4.69) is 19.2 Å². The van der Waals surface area contributed by atoms with Crippen molar-refractivity contribution in [1.82, 2.24) is 5.32 Å². The Kier molecular flexibility index (Phi) is 5.17. The Morgan fingerprint density at radius 2 is 1.80 bits per heavy atom. The molecule has 0 spiro atoms. The van der Waals surface area contributed by atoms with Crippen molar-refractivity contribution >= 4 is 9.84 Å². The van der Waals surface area contributed by atoms with E-state index in [0.29, 0.717) is 5.41 Å². The molecular weight excluding hydrogens is 270 g/mol. The highest BCUT2D eigenvalue weighted by atomic mass is 32.2. The number of hydrogen-bond donors (Lipinski definition) is 1. The van der Waals surface area contributed by atoms with Gasteiger partial charge in [-0.2, -0.15) is 0 Å². The SMILES string of the molecule is CC(C)CC1(CNC2CCCC2S(C)(=O)=O)CCCC1. The van der Waals surface area contributed by atoms with Gasteiger partial charge < -0.3 is 5.32 Å². The lowest BCUT2D eigenvalue weighted by atomic mass is 9.78. The van der Waals surface area contributed by atoms with Gasteiger partial charge in [-0.05, 0) is 43.4 Å². The standard InChI is InChI=1S/C16H31NO2S/c1-13(2)11-16(9-4-5-10-16)12-17-14-7-6-8-15(14)20(3,18)19/h13-15,17H,4-12H2,1-3H3. The van der Waals surface area contributed by atoms with E-state index in [1.807, 2.05) is 0 Å². The van der Waals surface area contributed by atoms with Crippen molar-refractivity contribution in [2.45, 2.75) is 76.5 Å². The average Bonchev–Trinajstić information content (AvgIpc) is 2.93. The van der Waals surface area contributed by atoms with Gasteiger partial charge in [-0.3, -0.25) is 0 Å². The summed E-state index contributed by atoms with van der Waals surface area (Å²) in [6.07, 6.45) is 10.9. The highest BCUT2D eigenvalue weighted by Crippen LogP contribution is 2.43. The van der Waals surface area contributed by atoms with Gasteiger partial charge in [0.2, 0.25) is 0 Å². The molecule has 2 atom stereocenters. The maximum Gasteiger partial charge on any atom is 0.151 e. The predicted molar refractivity (Wildman–Crippen MR) is 84.6 cm³/mol. The van der Waals surface area contributed by atoms with Crippen LogP contribution in [0.25, 0.3) is 0 Å². The highest BCUT2D eigenvalue weighted by molar-refractivity contribution is 7.91. The molecule has 0 heterocycles. The predicted octanol–water partition coefficient (Wildman–Crippen LogP) is 3.15. The fraction of sp³-hybridized carbons (Fsp3) is 1.00. The van der Waals surface area contributed by atoms with Crippen LogP contribution >= 0.6 is 0 Å². The second-order valence-electron chi connectivity index (χ2n) is 7.59. The molecule has 2 fully saturated rings. The van der Waals surface area contributed by atoms with E-state index in [-0.39, 0.29) is 11.3 Å². The van der Waals surface area contributed by atoms with Crippen molar-refractivity contribution < 1.29 is 8.42 Å². The molecule has 1 N–H and O–H groups in total. The van der Waals surface area contributed by atoms with Gasteiger partial charge in [0.05, 0.1) is 5.25 Å². The fourth-order valence-electron chi connectivity index (χ4n) is 4.46. The minimum Gasteiger partial charge on any atom is -0.312 e. The van der Waals surface area contributed by atoms with Gasteiger partial charge in [0, 0.05) is 18.8 Å². The average molecular weight is 301 g/mol. The van der Waals surface area contributed by atoms with Crippen LogP contribution in [0.15, 0.2) is 0 Å². The second kappa shape index (κ2) is 6.35. The molecule has 2 rings (SSSR count). The first-order valence-electron chi connectivity index (χ1n) is 8.25. The Labute approximate surface area is 124 Å². The zero-order valence-corrected chi connectivity index (χ0v) is 14.1. The van der Waals surface area contributed by atoms with E-state index in [1.54, 1.807) is 0 Å². The van der Waals surface area contributed by atoms with E-state index < -0.39 is 9.84 Å². The molecule has 0 aromatic rings. The Hall–Kier alpha value is -0.0900. The van der Waals surface area contributed by atoms with E-state index in [0.717, 1.165) is 31.7 Å².